The molecule has 7 atom stereocenters. The lowest BCUT2D eigenvalue weighted by Gasteiger charge is -2.59. The van der Waals surface area contributed by atoms with Gasteiger partial charge in [-0.25, -0.2) is 0 Å². The molecule has 1 aliphatic heterocycles. The maximum Gasteiger partial charge on any atom is 0.312 e. The maximum atomic E-state index is 12.4. The Morgan fingerprint density at radius 3 is 1.77 bits per heavy atom. The smallest absolute Gasteiger partial charge is 0.312 e. The van der Waals surface area contributed by atoms with Crippen LogP contribution in [0.1, 0.15) is 172 Å². The van der Waals surface area contributed by atoms with Crippen molar-refractivity contribution in [1.29, 1.82) is 0 Å². The second-order valence-corrected chi connectivity index (χ2v) is 20.6. The predicted molar refractivity (Wildman–Crippen MR) is 202 cm³/mol. The molecule has 1 heterocycles. The van der Waals surface area contributed by atoms with Crippen LogP contribution in [0.3, 0.4) is 0 Å². The van der Waals surface area contributed by atoms with E-state index in [0.29, 0.717) is 36.0 Å². The van der Waals surface area contributed by atoms with Gasteiger partial charge >= 0.3 is 23.9 Å². The van der Waals surface area contributed by atoms with Crippen molar-refractivity contribution in [2.75, 3.05) is 0 Å². The minimum atomic E-state index is -0.555. The Hall–Kier alpha value is -2.16. The molecule has 7 aliphatic carbocycles. The fourth-order valence-corrected chi connectivity index (χ4v) is 10.5. The van der Waals surface area contributed by atoms with Gasteiger partial charge in [0.15, 0.2) is 0 Å². The zero-order valence-corrected chi connectivity index (χ0v) is 34.9. The quantitative estimate of drug-likeness (QED) is 0.172. The van der Waals surface area contributed by atoms with Crippen molar-refractivity contribution in [2.45, 2.75) is 201 Å². The van der Waals surface area contributed by atoms with Gasteiger partial charge in [-0.1, -0.05) is 34.6 Å². The number of rotatable bonds is 10. The van der Waals surface area contributed by atoms with E-state index in [1.807, 2.05) is 62.3 Å². The summed E-state index contributed by atoms with van der Waals surface area (Å²) in [5.41, 5.74) is -2.30. The van der Waals surface area contributed by atoms with Gasteiger partial charge in [0.2, 0.25) is 0 Å². The Labute approximate surface area is 319 Å². The highest BCUT2D eigenvalue weighted by Crippen LogP contribution is 2.59. The molecule has 8 fully saturated rings. The van der Waals surface area contributed by atoms with Crippen molar-refractivity contribution in [3.05, 3.63) is 0 Å². The first-order valence-corrected chi connectivity index (χ1v) is 21.1. The average molecular weight is 745 g/mol. The van der Waals surface area contributed by atoms with Gasteiger partial charge in [0.05, 0.1) is 27.8 Å². The van der Waals surface area contributed by atoms with E-state index in [9.17, 15) is 24.3 Å². The number of carbonyl (C=O) groups excluding carboxylic acids is 4. The Morgan fingerprint density at radius 1 is 0.774 bits per heavy atom. The predicted octanol–water partition coefficient (Wildman–Crippen LogP) is 8.90. The van der Waals surface area contributed by atoms with Crippen molar-refractivity contribution < 1.29 is 43.2 Å². The molecule has 302 valence electrons. The number of aliphatic hydroxyl groups is 1. The van der Waals surface area contributed by atoms with Gasteiger partial charge in [-0.15, -0.1) is 0 Å². The summed E-state index contributed by atoms with van der Waals surface area (Å²) in [6.07, 6.45) is 13.9. The summed E-state index contributed by atoms with van der Waals surface area (Å²) in [6.45, 7) is 22.0. The fraction of sp³-hybridized carbons (Fsp3) is 0.909. The zero-order valence-electron chi connectivity index (χ0n) is 34.9. The molecule has 0 aromatic heterocycles. The van der Waals surface area contributed by atoms with Crippen molar-refractivity contribution in [2.24, 2.45) is 51.8 Å². The van der Waals surface area contributed by atoms with Crippen LogP contribution in [0.25, 0.3) is 0 Å². The lowest BCUT2D eigenvalue weighted by Crippen LogP contribution is -2.61. The van der Waals surface area contributed by atoms with Gasteiger partial charge in [0.25, 0.3) is 0 Å². The Kier molecular flexibility index (Phi) is 11.9. The lowest BCUT2D eigenvalue weighted by atomic mass is 9.52. The van der Waals surface area contributed by atoms with Crippen LogP contribution in [0, 0.1) is 51.8 Å². The third kappa shape index (κ3) is 8.50. The number of hydrogen-bond donors (Lipinski definition) is 1. The summed E-state index contributed by atoms with van der Waals surface area (Å²) in [4.78, 5) is 48.3. The molecule has 9 nitrogen and oxygen atoms in total. The van der Waals surface area contributed by atoms with Crippen LogP contribution in [-0.4, -0.2) is 58.0 Å². The van der Waals surface area contributed by atoms with E-state index in [4.69, 9.17) is 18.9 Å². The number of carbonyl (C=O) groups is 4. The minimum Gasteiger partial charge on any atom is -0.459 e. The fourth-order valence-electron chi connectivity index (χ4n) is 10.5. The van der Waals surface area contributed by atoms with Gasteiger partial charge in [-0.3, -0.25) is 19.2 Å². The molecule has 0 aromatic carbocycles. The van der Waals surface area contributed by atoms with E-state index in [1.165, 1.54) is 19.3 Å². The number of fused-ring (bicyclic) bond motifs is 1. The monoisotopic (exact) mass is 745 g/mol. The highest BCUT2D eigenvalue weighted by atomic mass is 16.6. The van der Waals surface area contributed by atoms with Crippen molar-refractivity contribution in [1.82, 2.24) is 0 Å². The SMILES string of the molecule is CCC(C)(C)C(=O)OC1(C(C)C)CCCC1.CCC(C)(C)C(=O)OC12CC3CC(CC(O)(C3)C1)C2.CCC(C)(C)C(=O)OC1C2CC3C(=O)OC1C3C2. The molecule has 0 radical (unpaired) electrons. The summed E-state index contributed by atoms with van der Waals surface area (Å²) in [7, 11) is 0. The Balaban J connectivity index is 0.000000154. The minimum absolute atomic E-state index is 0.0226. The molecule has 7 saturated carbocycles. The van der Waals surface area contributed by atoms with E-state index >= 15 is 0 Å². The topological polar surface area (TPSA) is 125 Å². The van der Waals surface area contributed by atoms with Crippen LogP contribution in [0.5, 0.6) is 0 Å². The number of esters is 4. The third-order valence-corrected chi connectivity index (χ3v) is 15.1. The van der Waals surface area contributed by atoms with E-state index in [-0.39, 0.29) is 58.6 Å². The summed E-state index contributed by atoms with van der Waals surface area (Å²) < 4.78 is 22.9. The van der Waals surface area contributed by atoms with Gasteiger partial charge < -0.3 is 24.1 Å². The summed E-state index contributed by atoms with van der Waals surface area (Å²) in [6, 6.07) is 0. The molecular formula is C44H72O9. The molecule has 7 unspecified atom stereocenters. The normalized spacial score (nSPS) is 35.9. The van der Waals surface area contributed by atoms with Gasteiger partial charge in [-0.2, -0.15) is 0 Å². The average Bonchev–Trinajstić information content (AvgIpc) is 3.84. The van der Waals surface area contributed by atoms with E-state index < -0.39 is 16.4 Å². The van der Waals surface area contributed by atoms with Crippen LogP contribution in [0.4, 0.5) is 0 Å². The second-order valence-electron chi connectivity index (χ2n) is 20.6. The summed E-state index contributed by atoms with van der Waals surface area (Å²) in [5.74, 6) is 1.89. The van der Waals surface area contributed by atoms with E-state index in [1.54, 1.807) is 0 Å². The first-order valence-electron chi connectivity index (χ1n) is 21.1. The molecule has 1 N–H and O–H groups in total. The van der Waals surface area contributed by atoms with Crippen LogP contribution < -0.4 is 0 Å². The van der Waals surface area contributed by atoms with Gasteiger partial charge in [0.1, 0.15) is 23.4 Å². The Bertz CT molecular complexity index is 1360. The maximum absolute atomic E-state index is 12.4. The molecule has 9 heteroatoms. The van der Waals surface area contributed by atoms with Gasteiger partial charge in [0, 0.05) is 18.3 Å². The molecular weight excluding hydrogens is 672 g/mol. The molecule has 8 rings (SSSR count). The van der Waals surface area contributed by atoms with E-state index in [2.05, 4.69) is 13.8 Å². The van der Waals surface area contributed by atoms with Crippen LogP contribution in [0.15, 0.2) is 0 Å². The van der Waals surface area contributed by atoms with Crippen LogP contribution >= 0.6 is 0 Å². The third-order valence-electron chi connectivity index (χ3n) is 15.1. The first kappa shape index (κ1) is 42.0. The molecule has 8 aliphatic rings. The molecule has 1 saturated heterocycles. The molecule has 0 spiro atoms. The van der Waals surface area contributed by atoms with Crippen molar-refractivity contribution in [3.8, 4) is 0 Å². The Morgan fingerprint density at radius 2 is 1.28 bits per heavy atom. The number of ether oxygens (including phenoxy) is 4. The second kappa shape index (κ2) is 15.1. The highest BCUT2D eigenvalue weighted by molar-refractivity contribution is 5.79. The standard InChI is InChI=1S/C16H26O3.C14H20O4.C14H26O2/c1-4-14(2,3)13(17)19-16-8-11-5-12(9-16)7-15(18,6-11)10-16;1-4-14(2,3)13(16)18-10-7-5-8-9(6-7)12(15)17-11(8)10;1-6-13(4,5)12(15)16-14(11(2)3)9-7-8-10-14/h11-12,18H,4-10H2,1-3H3;7-11H,4-6H2,1-3H3;11H,6-10H2,1-5H3. The molecule has 6 bridgehead atoms. The summed E-state index contributed by atoms with van der Waals surface area (Å²) in [5, 5.41) is 10.6. The number of hydrogen-bond acceptors (Lipinski definition) is 9. The largest absolute Gasteiger partial charge is 0.459 e. The zero-order chi connectivity index (χ0) is 39.4. The van der Waals surface area contributed by atoms with Crippen LogP contribution in [0.2, 0.25) is 0 Å². The van der Waals surface area contributed by atoms with E-state index in [0.717, 1.165) is 70.6 Å². The lowest BCUT2D eigenvalue weighted by molar-refractivity contribution is -0.225. The first-order chi connectivity index (χ1) is 24.5. The molecule has 53 heavy (non-hydrogen) atoms. The van der Waals surface area contributed by atoms with Gasteiger partial charge in [-0.05, 0) is 149 Å². The summed E-state index contributed by atoms with van der Waals surface area (Å²) >= 11 is 0. The van der Waals surface area contributed by atoms with Crippen molar-refractivity contribution >= 4 is 23.9 Å². The molecule has 0 aromatic rings. The highest BCUT2D eigenvalue weighted by Gasteiger charge is 2.64. The molecule has 0 amide bonds. The van der Waals surface area contributed by atoms with Crippen molar-refractivity contribution in [3.63, 3.8) is 0 Å². The van der Waals surface area contributed by atoms with Crippen LogP contribution in [-0.2, 0) is 38.1 Å².